The molecule has 25 heteroatoms. The standard InChI is InChI=1S/C51H73N15O10/c1-29(67)62-37(16-9-22-60-51(56)57)47(74)64-38-15-7-17-44(71)58-23-20-36(45(53)72)63-46(73)32(25-33-28-61-35-14-6-5-13-34(33)35)27-41(68)31(12-8-21-59-50(54)55)26-42(69)40(24-30-10-3-2-4-11-30)66-49(76)39(65-48(38)75)18-19-43(52)70/h2-6,10-11,13-14,28,31-32,36-40,61H,7-9,12,15-27H2,1H3,(H2,52,70)(H2,53,72)(H,58,71)(H,62,67)(H,63,73)(H,64,74)(H,65,75)(H,66,76)(H4,54,55,59)(H4,56,57,60)/t31-,32-,36+,37+,38+,39+,40-/m1/s1. The second-order valence-electron chi connectivity index (χ2n) is 18.8. The number of H-pyrrole nitrogens is 1. The number of nitrogens with zero attached hydrogens (tertiary/aromatic N) is 2. The number of nitrogens with two attached hydrogens (primary N) is 6. The number of hydrogen-bond acceptors (Lipinski definition) is 12. The highest BCUT2D eigenvalue weighted by Gasteiger charge is 2.35. The van der Waals surface area contributed by atoms with Gasteiger partial charge >= 0.3 is 0 Å². The van der Waals surface area contributed by atoms with Crippen molar-refractivity contribution in [3.8, 4) is 0 Å². The Balaban J connectivity index is 1.78. The molecule has 0 bridgehead atoms. The number of aromatic amines is 1. The molecule has 76 heavy (non-hydrogen) atoms. The Morgan fingerprint density at radius 3 is 2.04 bits per heavy atom. The predicted molar refractivity (Wildman–Crippen MR) is 283 cm³/mol. The van der Waals surface area contributed by atoms with Gasteiger partial charge in [-0.15, -0.1) is 0 Å². The predicted octanol–water partition coefficient (Wildman–Crippen LogP) is -1.90. The summed E-state index contributed by atoms with van der Waals surface area (Å²) in [6, 6.07) is 9.24. The number of guanidine groups is 2. The van der Waals surface area contributed by atoms with Crippen molar-refractivity contribution in [3.63, 3.8) is 0 Å². The van der Waals surface area contributed by atoms with E-state index in [0.717, 1.165) is 10.9 Å². The summed E-state index contributed by atoms with van der Waals surface area (Å²) in [5.41, 5.74) is 35.4. The van der Waals surface area contributed by atoms with E-state index < -0.39 is 120 Å². The second-order valence-corrected chi connectivity index (χ2v) is 18.8. The van der Waals surface area contributed by atoms with E-state index in [4.69, 9.17) is 34.4 Å². The van der Waals surface area contributed by atoms with Crippen molar-refractivity contribution in [3.05, 3.63) is 71.9 Å². The molecule has 25 nitrogen and oxygen atoms in total. The van der Waals surface area contributed by atoms with Crippen molar-refractivity contribution in [2.75, 3.05) is 19.6 Å². The Morgan fingerprint density at radius 1 is 0.711 bits per heavy atom. The number of hydrogen-bond donors (Lipinski definition) is 13. The van der Waals surface area contributed by atoms with E-state index in [-0.39, 0.29) is 102 Å². The van der Waals surface area contributed by atoms with Gasteiger partial charge in [0.05, 0.1) is 6.04 Å². The number of primary amides is 2. The summed E-state index contributed by atoms with van der Waals surface area (Å²) in [5.74, 6) is -9.72. The number of nitrogens with one attached hydrogen (secondary N) is 7. The van der Waals surface area contributed by atoms with Gasteiger partial charge in [0, 0.05) is 81.2 Å². The lowest BCUT2D eigenvalue weighted by Crippen LogP contribution is -2.58. The van der Waals surface area contributed by atoms with Crippen LogP contribution in [0.15, 0.2) is 70.8 Å². The van der Waals surface area contributed by atoms with Gasteiger partial charge in [-0.3, -0.25) is 57.9 Å². The van der Waals surface area contributed by atoms with E-state index in [0.29, 0.717) is 11.1 Å². The van der Waals surface area contributed by atoms with E-state index in [1.165, 1.54) is 6.92 Å². The average Bonchev–Trinajstić information content (AvgIpc) is 3.77. The van der Waals surface area contributed by atoms with Gasteiger partial charge < -0.3 is 71.3 Å². The second kappa shape index (κ2) is 30.7. The Kier molecular flexibility index (Phi) is 24.3. The summed E-state index contributed by atoms with van der Waals surface area (Å²) in [6.45, 7) is 1.26. The monoisotopic (exact) mass is 1060 g/mol. The van der Waals surface area contributed by atoms with Gasteiger partial charge in [-0.2, -0.15) is 0 Å². The molecule has 0 radical (unpaired) electrons. The van der Waals surface area contributed by atoms with Crippen molar-refractivity contribution in [1.82, 2.24) is 36.9 Å². The van der Waals surface area contributed by atoms with Crippen molar-refractivity contribution in [2.24, 2.45) is 56.2 Å². The first-order chi connectivity index (χ1) is 36.2. The minimum absolute atomic E-state index is 0.0261. The smallest absolute Gasteiger partial charge is 0.243 e. The molecule has 0 saturated carbocycles. The first-order valence-electron chi connectivity index (χ1n) is 25.3. The van der Waals surface area contributed by atoms with E-state index in [2.05, 4.69) is 46.9 Å². The summed E-state index contributed by atoms with van der Waals surface area (Å²) in [4.78, 5) is 148. The number of benzene rings is 2. The fraction of sp³-hybridized carbons (Fsp3) is 0.490. The minimum atomic E-state index is -1.53. The molecular formula is C51H73N15O10. The number of aromatic nitrogens is 1. The van der Waals surface area contributed by atoms with Crippen LogP contribution in [-0.2, 0) is 60.8 Å². The molecule has 1 fully saturated rings. The van der Waals surface area contributed by atoms with Gasteiger partial charge in [0.2, 0.25) is 47.3 Å². The molecule has 1 aliphatic heterocycles. The molecule has 2 heterocycles. The van der Waals surface area contributed by atoms with E-state index in [1.807, 2.05) is 24.3 Å². The Bertz CT molecular complexity index is 2580. The Morgan fingerprint density at radius 2 is 1.37 bits per heavy atom. The summed E-state index contributed by atoms with van der Waals surface area (Å²) in [7, 11) is 0. The Hall–Kier alpha value is -8.38. The third kappa shape index (κ3) is 20.9. The highest BCUT2D eigenvalue weighted by Crippen LogP contribution is 2.26. The molecule has 8 amide bonds. The van der Waals surface area contributed by atoms with Crippen LogP contribution in [0.4, 0.5) is 0 Å². The molecule has 3 aromatic rings. The van der Waals surface area contributed by atoms with Crippen LogP contribution in [-0.4, -0.2) is 126 Å². The molecule has 1 aliphatic rings. The zero-order chi connectivity index (χ0) is 55.7. The SMILES string of the molecule is CC(=O)N[C@@H](CCCN=C(N)N)C(=O)N[C@H]1CCCC(=O)NCC[C@@H](C(N)=O)NC(=O)[C@H](Cc2c[nH]c3ccccc23)CC(=O)[C@H](CCCN=C(N)N)CC(=O)[C@@H](Cc2ccccc2)NC(=O)[C@H](CCC(N)=O)NC1=O. The zero-order valence-electron chi connectivity index (χ0n) is 42.8. The zero-order valence-corrected chi connectivity index (χ0v) is 42.8. The van der Waals surface area contributed by atoms with Crippen LogP contribution in [0.5, 0.6) is 0 Å². The summed E-state index contributed by atoms with van der Waals surface area (Å²) < 4.78 is 0. The van der Waals surface area contributed by atoms with Gasteiger partial charge in [0.25, 0.3) is 0 Å². The minimum Gasteiger partial charge on any atom is -0.370 e. The fourth-order valence-corrected chi connectivity index (χ4v) is 8.78. The number of para-hydroxylation sites is 1. The van der Waals surface area contributed by atoms with Crippen LogP contribution in [0.25, 0.3) is 10.9 Å². The molecule has 2 aromatic carbocycles. The Labute approximate surface area is 440 Å². The van der Waals surface area contributed by atoms with Crippen LogP contribution in [0.1, 0.15) is 95.1 Å². The average molecular weight is 1060 g/mol. The summed E-state index contributed by atoms with van der Waals surface area (Å²) in [6.07, 6.45) is 0.0962. The lowest BCUT2D eigenvalue weighted by Gasteiger charge is -2.27. The topological polar surface area (TPSA) is 440 Å². The molecule has 1 saturated heterocycles. The van der Waals surface area contributed by atoms with Gasteiger partial charge in [-0.25, -0.2) is 0 Å². The number of carbonyl (C=O) groups is 10. The van der Waals surface area contributed by atoms with Gasteiger partial charge in [0.1, 0.15) is 30.0 Å². The summed E-state index contributed by atoms with van der Waals surface area (Å²) >= 11 is 0. The maximum atomic E-state index is 14.8. The summed E-state index contributed by atoms with van der Waals surface area (Å²) in [5, 5.41) is 16.6. The van der Waals surface area contributed by atoms with Crippen molar-refractivity contribution in [2.45, 2.75) is 127 Å². The highest BCUT2D eigenvalue weighted by atomic mass is 16.2. The molecular weight excluding hydrogens is 983 g/mol. The molecule has 0 spiro atoms. The third-order valence-corrected chi connectivity index (χ3v) is 12.8. The van der Waals surface area contributed by atoms with E-state index >= 15 is 0 Å². The van der Waals surface area contributed by atoms with Crippen molar-refractivity contribution >= 4 is 81.6 Å². The van der Waals surface area contributed by atoms with Gasteiger partial charge in [-0.05, 0) is 81.4 Å². The van der Waals surface area contributed by atoms with Crippen LogP contribution in [0.3, 0.4) is 0 Å². The number of Topliss-reactive ketones (excluding diaryl/α,β-unsaturated/α-hetero) is 2. The number of carbonyl (C=O) groups excluding carboxylic acids is 10. The highest BCUT2D eigenvalue weighted by molar-refractivity contribution is 5.98. The molecule has 0 unspecified atom stereocenters. The maximum Gasteiger partial charge on any atom is 0.243 e. The van der Waals surface area contributed by atoms with Crippen LogP contribution in [0.2, 0.25) is 0 Å². The maximum absolute atomic E-state index is 14.8. The molecule has 19 N–H and O–H groups in total. The largest absolute Gasteiger partial charge is 0.370 e. The van der Waals surface area contributed by atoms with Gasteiger partial charge in [-0.1, -0.05) is 48.5 Å². The van der Waals surface area contributed by atoms with Crippen molar-refractivity contribution in [1.29, 1.82) is 0 Å². The number of amides is 8. The molecule has 4 rings (SSSR count). The lowest BCUT2D eigenvalue weighted by atomic mass is 9.83. The first-order valence-corrected chi connectivity index (χ1v) is 25.3. The van der Waals surface area contributed by atoms with Crippen LogP contribution >= 0.6 is 0 Å². The molecule has 1 aromatic heterocycles. The molecule has 412 valence electrons. The van der Waals surface area contributed by atoms with Crippen molar-refractivity contribution < 1.29 is 47.9 Å². The normalized spacial score (nSPS) is 21.1. The fourth-order valence-electron chi connectivity index (χ4n) is 8.78. The van der Waals surface area contributed by atoms with E-state index in [1.54, 1.807) is 36.5 Å². The number of aliphatic imine (C=N–C) groups is 2. The number of fused-ring (bicyclic) bond motifs is 1. The van der Waals surface area contributed by atoms with Gasteiger partial charge in [0.15, 0.2) is 17.7 Å². The number of ketones is 2. The molecule has 0 aliphatic carbocycles. The van der Waals surface area contributed by atoms with E-state index in [9.17, 15) is 47.9 Å². The first kappa shape index (κ1) is 60.2. The van der Waals surface area contributed by atoms with Crippen LogP contribution in [0, 0.1) is 11.8 Å². The third-order valence-electron chi connectivity index (χ3n) is 12.8. The lowest BCUT2D eigenvalue weighted by molar-refractivity contribution is -0.135. The molecule has 7 atom stereocenters. The quantitative estimate of drug-likeness (QED) is 0.0354. The number of rotatable bonds is 19. The van der Waals surface area contributed by atoms with Crippen LogP contribution < -0.4 is 66.3 Å².